The van der Waals surface area contributed by atoms with Gasteiger partial charge in [-0.15, -0.1) is 0 Å². The third kappa shape index (κ3) is 7.07. The number of aromatic nitrogens is 3. The zero-order valence-electron chi connectivity index (χ0n) is 33.1. The van der Waals surface area contributed by atoms with Gasteiger partial charge in [-0.05, 0) is 92.0 Å². The first-order chi connectivity index (χ1) is 30.2. The average molecular weight is 780 g/mol. The molecule has 61 heavy (non-hydrogen) atoms. The predicted octanol–water partition coefficient (Wildman–Crippen LogP) is 15.1. The van der Waals surface area contributed by atoms with E-state index < -0.39 is 0 Å². The molecule has 0 saturated carbocycles. The van der Waals surface area contributed by atoms with Gasteiger partial charge in [0.05, 0.1) is 0 Å². The Morgan fingerprint density at radius 3 is 1.13 bits per heavy atom. The normalized spacial score (nSPS) is 11.3. The van der Waals surface area contributed by atoms with E-state index >= 15 is 0 Å². The van der Waals surface area contributed by atoms with Gasteiger partial charge in [0, 0.05) is 27.5 Å². The summed E-state index contributed by atoms with van der Waals surface area (Å²) in [5.41, 5.74) is 15.9. The van der Waals surface area contributed by atoms with E-state index in [-0.39, 0.29) is 0 Å². The van der Waals surface area contributed by atoms with Crippen molar-refractivity contribution in [2.24, 2.45) is 0 Å². The second-order valence-corrected chi connectivity index (χ2v) is 15.2. The molecule has 0 N–H and O–H groups in total. The predicted molar refractivity (Wildman–Crippen MR) is 251 cm³/mol. The summed E-state index contributed by atoms with van der Waals surface area (Å²) in [7, 11) is 0. The van der Waals surface area contributed by atoms with Crippen LogP contribution in [0.1, 0.15) is 0 Å². The minimum atomic E-state index is 0.579. The highest BCUT2D eigenvalue weighted by atomic mass is 16.3. The van der Waals surface area contributed by atoms with Crippen molar-refractivity contribution >= 4 is 21.9 Å². The molecule has 0 aliphatic rings. The van der Waals surface area contributed by atoms with Crippen LogP contribution in [0.3, 0.4) is 0 Å². The number of benzene rings is 9. The largest absolute Gasteiger partial charge is 0.456 e. The highest BCUT2D eigenvalue weighted by Crippen LogP contribution is 2.41. The van der Waals surface area contributed by atoms with Crippen LogP contribution in [0.2, 0.25) is 0 Å². The Balaban J connectivity index is 0.984. The van der Waals surface area contributed by atoms with E-state index in [1.807, 2.05) is 42.5 Å². The van der Waals surface area contributed by atoms with Crippen molar-refractivity contribution < 1.29 is 4.42 Å². The van der Waals surface area contributed by atoms with Crippen LogP contribution >= 0.6 is 0 Å². The minimum absolute atomic E-state index is 0.579. The van der Waals surface area contributed by atoms with Gasteiger partial charge in [-0.1, -0.05) is 188 Å². The van der Waals surface area contributed by atoms with Gasteiger partial charge < -0.3 is 4.42 Å². The van der Waals surface area contributed by atoms with Crippen LogP contribution in [0.4, 0.5) is 0 Å². The van der Waals surface area contributed by atoms with Gasteiger partial charge in [-0.3, -0.25) is 0 Å². The molecule has 0 aliphatic heterocycles. The van der Waals surface area contributed by atoms with Crippen LogP contribution in [0.25, 0.3) is 112 Å². The molecule has 2 heterocycles. The van der Waals surface area contributed by atoms with E-state index in [0.717, 1.165) is 72.0 Å². The van der Waals surface area contributed by atoms with E-state index in [0.29, 0.717) is 17.5 Å². The van der Waals surface area contributed by atoms with Crippen LogP contribution in [0.15, 0.2) is 229 Å². The zero-order chi connectivity index (χ0) is 40.5. The van der Waals surface area contributed by atoms with Crippen LogP contribution in [0.5, 0.6) is 0 Å². The van der Waals surface area contributed by atoms with E-state index in [1.54, 1.807) is 0 Å². The van der Waals surface area contributed by atoms with Gasteiger partial charge in [-0.25, -0.2) is 15.0 Å². The minimum Gasteiger partial charge on any atom is -0.456 e. The Bertz CT molecular complexity index is 3250. The standard InChI is InChI=1S/C57H37N3O/c1-5-14-38(15-6-1)41-24-26-42(27-25-41)43-28-30-45(31-29-43)56-58-55(44-20-11-4-12-21-44)59-57(60-56)46-32-33-51-53(37-46)61-52-23-13-22-50(54(51)52)49-35-47(39-16-7-2-8-17-39)34-48(36-49)40-18-9-3-10-19-40/h1-37H. The first-order valence-electron chi connectivity index (χ1n) is 20.5. The van der Waals surface area contributed by atoms with Crippen molar-refractivity contribution in [3.8, 4) is 89.8 Å². The summed E-state index contributed by atoms with van der Waals surface area (Å²) in [5.74, 6) is 1.80. The van der Waals surface area contributed by atoms with E-state index in [1.165, 1.54) is 22.3 Å². The average Bonchev–Trinajstić information content (AvgIpc) is 3.73. The Labute approximate surface area is 354 Å². The number of rotatable bonds is 8. The number of hydrogen-bond donors (Lipinski definition) is 0. The fourth-order valence-corrected chi connectivity index (χ4v) is 8.23. The Hall–Kier alpha value is -8.21. The number of nitrogens with zero attached hydrogens (tertiary/aromatic N) is 3. The maximum atomic E-state index is 6.65. The summed E-state index contributed by atoms with van der Waals surface area (Å²) in [6.45, 7) is 0. The molecule has 0 radical (unpaired) electrons. The van der Waals surface area contributed by atoms with Crippen LogP contribution in [-0.4, -0.2) is 15.0 Å². The lowest BCUT2D eigenvalue weighted by molar-refractivity contribution is 0.669. The Morgan fingerprint density at radius 1 is 0.246 bits per heavy atom. The van der Waals surface area contributed by atoms with Crippen molar-refractivity contribution in [3.05, 3.63) is 224 Å². The number of hydrogen-bond acceptors (Lipinski definition) is 4. The maximum absolute atomic E-state index is 6.65. The van der Waals surface area contributed by atoms with Crippen LogP contribution in [-0.2, 0) is 0 Å². The zero-order valence-corrected chi connectivity index (χ0v) is 33.1. The summed E-state index contributed by atoms with van der Waals surface area (Å²) in [6.07, 6.45) is 0. The van der Waals surface area contributed by atoms with Crippen molar-refractivity contribution in [3.63, 3.8) is 0 Å². The molecule has 0 aliphatic carbocycles. The first-order valence-corrected chi connectivity index (χ1v) is 20.5. The molecule has 2 aromatic heterocycles. The fraction of sp³-hybridized carbons (Fsp3) is 0. The molecule has 9 aromatic carbocycles. The molecule has 0 unspecified atom stereocenters. The monoisotopic (exact) mass is 779 g/mol. The van der Waals surface area contributed by atoms with E-state index in [2.05, 4.69) is 182 Å². The third-order valence-corrected chi connectivity index (χ3v) is 11.3. The summed E-state index contributed by atoms with van der Waals surface area (Å²) in [6, 6.07) is 78.3. The highest BCUT2D eigenvalue weighted by molar-refractivity contribution is 6.13. The molecule has 4 nitrogen and oxygen atoms in total. The second kappa shape index (κ2) is 15.5. The molecule has 0 bridgehead atoms. The molecule has 0 atom stereocenters. The highest BCUT2D eigenvalue weighted by Gasteiger charge is 2.18. The molecular weight excluding hydrogens is 743 g/mol. The van der Waals surface area contributed by atoms with Gasteiger partial charge >= 0.3 is 0 Å². The number of fused-ring (bicyclic) bond motifs is 3. The second-order valence-electron chi connectivity index (χ2n) is 15.2. The lowest BCUT2D eigenvalue weighted by atomic mass is 9.91. The third-order valence-electron chi connectivity index (χ3n) is 11.3. The molecule has 11 aromatic rings. The van der Waals surface area contributed by atoms with Crippen molar-refractivity contribution in [2.75, 3.05) is 0 Å². The van der Waals surface area contributed by atoms with Crippen LogP contribution < -0.4 is 0 Å². The molecule has 286 valence electrons. The molecule has 0 fully saturated rings. The van der Waals surface area contributed by atoms with Gasteiger partial charge in [-0.2, -0.15) is 0 Å². The van der Waals surface area contributed by atoms with Gasteiger partial charge in [0.2, 0.25) is 0 Å². The Kier molecular flexibility index (Phi) is 9.14. The van der Waals surface area contributed by atoms with Gasteiger partial charge in [0.25, 0.3) is 0 Å². The summed E-state index contributed by atoms with van der Waals surface area (Å²) >= 11 is 0. The van der Waals surface area contributed by atoms with Gasteiger partial charge in [0.15, 0.2) is 17.5 Å². The molecule has 11 rings (SSSR count). The molecule has 4 heteroatoms. The quantitative estimate of drug-likeness (QED) is 0.154. The topological polar surface area (TPSA) is 51.8 Å². The summed E-state index contributed by atoms with van der Waals surface area (Å²) in [5, 5.41) is 2.11. The van der Waals surface area contributed by atoms with E-state index in [4.69, 9.17) is 19.4 Å². The first kappa shape index (κ1) is 35.9. The molecule has 0 amide bonds. The molecule has 0 spiro atoms. The van der Waals surface area contributed by atoms with Crippen molar-refractivity contribution in [2.45, 2.75) is 0 Å². The Morgan fingerprint density at radius 2 is 0.623 bits per heavy atom. The van der Waals surface area contributed by atoms with Crippen molar-refractivity contribution in [1.82, 2.24) is 15.0 Å². The van der Waals surface area contributed by atoms with Crippen LogP contribution in [0, 0.1) is 0 Å². The van der Waals surface area contributed by atoms with E-state index in [9.17, 15) is 0 Å². The van der Waals surface area contributed by atoms with Crippen molar-refractivity contribution in [1.29, 1.82) is 0 Å². The summed E-state index contributed by atoms with van der Waals surface area (Å²) < 4.78 is 6.65. The lowest BCUT2D eigenvalue weighted by Gasteiger charge is -2.12. The SMILES string of the molecule is c1ccc(-c2ccc(-c3ccc(-c4nc(-c5ccccc5)nc(-c5ccc6c(c5)oc5cccc(-c7cc(-c8ccccc8)cc(-c8ccccc8)c7)c56)n4)cc3)cc2)cc1. The maximum Gasteiger partial charge on any atom is 0.164 e. The lowest BCUT2D eigenvalue weighted by Crippen LogP contribution is -2.00. The van der Waals surface area contributed by atoms with Gasteiger partial charge in [0.1, 0.15) is 11.2 Å². The number of furan rings is 1. The fourth-order valence-electron chi connectivity index (χ4n) is 8.23. The molecular formula is C57H37N3O. The molecule has 0 saturated heterocycles. The summed E-state index contributed by atoms with van der Waals surface area (Å²) in [4.78, 5) is 15.1. The smallest absolute Gasteiger partial charge is 0.164 e.